The minimum atomic E-state index is -0.923. The van der Waals surface area contributed by atoms with E-state index in [2.05, 4.69) is 48.3 Å². The second-order valence-corrected chi connectivity index (χ2v) is 9.15. The number of hydrogen-bond acceptors (Lipinski definition) is 3. The molecule has 1 saturated carbocycles. The Hall–Kier alpha value is -0.810. The third-order valence-corrected chi connectivity index (χ3v) is 6.24. The van der Waals surface area contributed by atoms with Gasteiger partial charge in [-0.05, 0) is 38.3 Å². The van der Waals surface area contributed by atoms with Crippen LogP contribution in [0.3, 0.4) is 0 Å². The van der Waals surface area contributed by atoms with Gasteiger partial charge in [0.2, 0.25) is 5.91 Å². The highest BCUT2D eigenvalue weighted by atomic mass is 35.5. The number of rotatable bonds is 5. The number of carbonyl (C=O) groups is 1. The van der Waals surface area contributed by atoms with Crippen LogP contribution in [0.2, 0.25) is 0 Å². The minimum Gasteiger partial charge on any atom is -0.373 e. The average molecular weight is 385 g/mol. The van der Waals surface area contributed by atoms with Crippen LogP contribution in [-0.4, -0.2) is 40.4 Å². The highest BCUT2D eigenvalue weighted by Gasteiger charge is 2.67. The van der Waals surface area contributed by atoms with Gasteiger partial charge < -0.3 is 10.1 Å². The second-order valence-electron chi connectivity index (χ2n) is 7.66. The van der Waals surface area contributed by atoms with E-state index in [4.69, 9.17) is 27.9 Å². The van der Waals surface area contributed by atoms with Crippen LogP contribution >= 0.6 is 23.2 Å². The van der Waals surface area contributed by atoms with Crippen LogP contribution in [0.25, 0.3) is 0 Å². The van der Waals surface area contributed by atoms with E-state index in [0.717, 1.165) is 25.2 Å². The van der Waals surface area contributed by atoms with Crippen LogP contribution in [0.5, 0.6) is 0 Å². The Labute approximate surface area is 159 Å². The largest absolute Gasteiger partial charge is 0.373 e. The van der Waals surface area contributed by atoms with Crippen molar-refractivity contribution < 1.29 is 9.53 Å². The first-order chi connectivity index (χ1) is 11.7. The van der Waals surface area contributed by atoms with Crippen molar-refractivity contribution in [2.45, 2.75) is 56.8 Å². The molecule has 1 aliphatic carbocycles. The first-order valence-corrected chi connectivity index (χ1v) is 9.57. The van der Waals surface area contributed by atoms with Crippen molar-refractivity contribution in [3.63, 3.8) is 0 Å². The van der Waals surface area contributed by atoms with Crippen LogP contribution in [-0.2, 0) is 22.6 Å². The molecular formula is C19H26Cl2N2O2. The number of ether oxygens (including phenoxy) is 1. The average Bonchev–Trinajstić information content (AvgIpc) is 3.05. The van der Waals surface area contributed by atoms with Crippen LogP contribution in [0.1, 0.15) is 38.3 Å². The standard InChI is InChI=1S/C19H26Cl2N2O2/c1-13-9-23(10-14(2)25-13)11-16-6-4-15(5-7-16)8-22-17(24)18(3)12-19(18,20)21/h4-7,13-14H,8-12H2,1-3H3,(H,22,24)/t13-,14+,18-/m0/s1. The predicted molar refractivity (Wildman–Crippen MR) is 101 cm³/mol. The molecule has 0 radical (unpaired) electrons. The van der Waals surface area contributed by atoms with Crippen molar-refractivity contribution >= 4 is 29.1 Å². The summed E-state index contributed by atoms with van der Waals surface area (Å²) in [4.78, 5) is 14.6. The van der Waals surface area contributed by atoms with Crippen molar-refractivity contribution in [2.75, 3.05) is 13.1 Å². The fourth-order valence-corrected chi connectivity index (χ4v) is 4.16. The van der Waals surface area contributed by atoms with Crippen molar-refractivity contribution in [1.82, 2.24) is 10.2 Å². The third kappa shape index (κ3) is 4.30. The van der Waals surface area contributed by atoms with Crippen molar-refractivity contribution in [3.05, 3.63) is 35.4 Å². The Kier molecular flexibility index (Phi) is 5.36. The maximum Gasteiger partial charge on any atom is 0.229 e. The summed E-state index contributed by atoms with van der Waals surface area (Å²) in [5.41, 5.74) is 1.67. The van der Waals surface area contributed by atoms with Crippen molar-refractivity contribution in [3.8, 4) is 0 Å². The van der Waals surface area contributed by atoms with Gasteiger partial charge in [-0.3, -0.25) is 9.69 Å². The summed E-state index contributed by atoms with van der Waals surface area (Å²) in [6.07, 6.45) is 1.06. The zero-order valence-corrected chi connectivity index (χ0v) is 16.5. The second kappa shape index (κ2) is 7.07. The summed E-state index contributed by atoms with van der Waals surface area (Å²) in [7, 11) is 0. The Morgan fingerprint density at radius 1 is 1.20 bits per heavy atom. The summed E-state index contributed by atoms with van der Waals surface area (Å²) < 4.78 is 4.85. The number of carbonyl (C=O) groups excluding carboxylic acids is 1. The smallest absolute Gasteiger partial charge is 0.229 e. The van der Waals surface area contributed by atoms with Gasteiger partial charge in [-0.25, -0.2) is 0 Å². The normalized spacial score (nSPS) is 31.6. The first-order valence-electron chi connectivity index (χ1n) is 8.81. The highest BCUT2D eigenvalue weighted by molar-refractivity contribution is 6.53. The van der Waals surface area contributed by atoms with E-state index in [1.807, 2.05) is 0 Å². The lowest BCUT2D eigenvalue weighted by atomic mass is 10.1. The van der Waals surface area contributed by atoms with E-state index in [9.17, 15) is 4.79 Å². The van der Waals surface area contributed by atoms with Crippen LogP contribution in [0.4, 0.5) is 0 Å². The van der Waals surface area contributed by atoms with Crippen LogP contribution < -0.4 is 5.32 Å². The Morgan fingerprint density at radius 2 is 1.72 bits per heavy atom. The molecule has 0 spiro atoms. The van der Waals surface area contributed by atoms with E-state index in [-0.39, 0.29) is 18.1 Å². The number of halogens is 2. The topological polar surface area (TPSA) is 41.6 Å². The molecule has 6 heteroatoms. The molecule has 3 rings (SSSR count). The van der Waals surface area contributed by atoms with Gasteiger partial charge in [-0.1, -0.05) is 24.3 Å². The fraction of sp³-hybridized carbons (Fsp3) is 0.632. The van der Waals surface area contributed by atoms with Crippen LogP contribution in [0, 0.1) is 5.41 Å². The molecule has 1 amide bonds. The number of nitrogens with zero attached hydrogens (tertiary/aromatic N) is 1. The fourth-order valence-electron chi connectivity index (χ4n) is 3.46. The lowest BCUT2D eigenvalue weighted by Gasteiger charge is -2.35. The van der Waals surface area contributed by atoms with Crippen LogP contribution in [0.15, 0.2) is 24.3 Å². The number of alkyl halides is 2. The van der Waals surface area contributed by atoms with Gasteiger partial charge in [-0.15, -0.1) is 23.2 Å². The number of nitrogens with one attached hydrogen (secondary N) is 1. The molecule has 2 fully saturated rings. The first kappa shape index (κ1) is 19.0. The summed E-state index contributed by atoms with van der Waals surface area (Å²) in [5.74, 6) is -0.0853. The van der Waals surface area contributed by atoms with E-state index in [1.165, 1.54) is 5.56 Å². The van der Waals surface area contributed by atoms with Gasteiger partial charge in [0.15, 0.2) is 0 Å². The molecule has 1 aromatic rings. The zero-order valence-electron chi connectivity index (χ0n) is 15.0. The molecule has 1 N–H and O–H groups in total. The van der Waals surface area contributed by atoms with Gasteiger partial charge in [0, 0.05) is 26.2 Å². The molecule has 1 aromatic carbocycles. The number of hydrogen-bond donors (Lipinski definition) is 1. The molecule has 2 aliphatic rings. The molecule has 1 saturated heterocycles. The number of benzene rings is 1. The molecule has 25 heavy (non-hydrogen) atoms. The highest BCUT2D eigenvalue weighted by Crippen LogP contribution is 2.63. The summed E-state index contributed by atoms with van der Waals surface area (Å²) in [6.45, 7) is 9.36. The van der Waals surface area contributed by atoms with E-state index < -0.39 is 9.75 Å². The number of amides is 1. The quantitative estimate of drug-likeness (QED) is 0.789. The number of morpholine rings is 1. The lowest BCUT2D eigenvalue weighted by molar-refractivity contribution is -0.125. The zero-order chi connectivity index (χ0) is 18.2. The Morgan fingerprint density at radius 3 is 2.24 bits per heavy atom. The summed E-state index contributed by atoms with van der Waals surface area (Å²) in [5, 5.41) is 2.93. The third-order valence-electron chi connectivity index (χ3n) is 5.14. The minimum absolute atomic E-state index is 0.0853. The molecular weight excluding hydrogens is 359 g/mol. The van der Waals surface area contributed by atoms with E-state index >= 15 is 0 Å². The SMILES string of the molecule is C[C@@H]1CN(Cc2ccc(CNC(=O)[C@]3(C)CC3(Cl)Cl)cc2)C[C@H](C)O1. The van der Waals surface area contributed by atoms with Gasteiger partial charge in [0.25, 0.3) is 0 Å². The maximum absolute atomic E-state index is 12.2. The van der Waals surface area contributed by atoms with Crippen molar-refractivity contribution in [2.24, 2.45) is 5.41 Å². The molecule has 0 aromatic heterocycles. The summed E-state index contributed by atoms with van der Waals surface area (Å²) in [6, 6.07) is 8.37. The lowest BCUT2D eigenvalue weighted by Crippen LogP contribution is -2.44. The van der Waals surface area contributed by atoms with E-state index in [0.29, 0.717) is 13.0 Å². The molecule has 4 nitrogen and oxygen atoms in total. The van der Waals surface area contributed by atoms with Gasteiger partial charge in [0.05, 0.1) is 17.6 Å². The van der Waals surface area contributed by atoms with Crippen molar-refractivity contribution in [1.29, 1.82) is 0 Å². The molecule has 138 valence electrons. The monoisotopic (exact) mass is 384 g/mol. The van der Waals surface area contributed by atoms with Gasteiger partial charge >= 0.3 is 0 Å². The molecule has 1 heterocycles. The van der Waals surface area contributed by atoms with Gasteiger partial charge in [0.1, 0.15) is 4.33 Å². The maximum atomic E-state index is 12.2. The Balaban J connectivity index is 1.50. The molecule has 0 unspecified atom stereocenters. The predicted octanol–water partition coefficient (Wildman–Crippen LogP) is 3.50. The summed E-state index contributed by atoms with van der Waals surface area (Å²) >= 11 is 12.1. The molecule has 1 aliphatic heterocycles. The van der Waals surface area contributed by atoms with E-state index in [1.54, 1.807) is 6.92 Å². The Bertz CT molecular complexity index is 625. The molecule has 0 bridgehead atoms. The molecule has 3 atom stereocenters. The van der Waals surface area contributed by atoms with Gasteiger partial charge in [-0.2, -0.15) is 0 Å².